The van der Waals surface area contributed by atoms with Crippen molar-refractivity contribution in [2.75, 3.05) is 13.7 Å². The molecule has 0 fully saturated rings. The SMILES string of the molecule is COc1ccc2cc(/C=N\NC(=O)COc3ccccc3)c(Cl)nc2c1. The summed E-state index contributed by atoms with van der Waals surface area (Å²) in [5, 5.41) is 5.07. The van der Waals surface area contributed by atoms with Crippen LogP contribution in [0.2, 0.25) is 5.15 Å². The molecule has 6 nitrogen and oxygen atoms in total. The Bertz CT molecular complexity index is 945. The number of rotatable bonds is 6. The maximum Gasteiger partial charge on any atom is 0.277 e. The minimum absolute atomic E-state index is 0.134. The second-order valence-corrected chi connectivity index (χ2v) is 5.68. The summed E-state index contributed by atoms with van der Waals surface area (Å²) in [7, 11) is 1.59. The lowest BCUT2D eigenvalue weighted by molar-refractivity contribution is -0.123. The van der Waals surface area contributed by atoms with Gasteiger partial charge in [0.25, 0.3) is 5.91 Å². The van der Waals surface area contributed by atoms with Gasteiger partial charge in [0.2, 0.25) is 0 Å². The number of hydrogen-bond acceptors (Lipinski definition) is 5. The van der Waals surface area contributed by atoms with E-state index in [2.05, 4.69) is 15.5 Å². The second-order valence-electron chi connectivity index (χ2n) is 5.32. The van der Waals surface area contributed by atoms with Gasteiger partial charge >= 0.3 is 0 Å². The van der Waals surface area contributed by atoms with Crippen LogP contribution in [0.3, 0.4) is 0 Å². The summed E-state index contributed by atoms with van der Waals surface area (Å²) in [4.78, 5) is 16.1. The van der Waals surface area contributed by atoms with Crippen LogP contribution in [0.1, 0.15) is 5.56 Å². The Morgan fingerprint density at radius 1 is 1.19 bits per heavy atom. The number of para-hydroxylation sites is 1. The molecule has 1 N–H and O–H groups in total. The predicted octanol–water partition coefficient (Wildman–Crippen LogP) is 3.43. The van der Waals surface area contributed by atoms with Crippen LogP contribution in [-0.2, 0) is 4.79 Å². The van der Waals surface area contributed by atoms with E-state index in [9.17, 15) is 4.79 Å². The van der Waals surface area contributed by atoms with Crippen molar-refractivity contribution in [1.82, 2.24) is 10.4 Å². The van der Waals surface area contributed by atoms with E-state index in [1.807, 2.05) is 36.4 Å². The van der Waals surface area contributed by atoms with Gasteiger partial charge in [0.1, 0.15) is 16.7 Å². The highest BCUT2D eigenvalue weighted by Gasteiger charge is 2.05. The van der Waals surface area contributed by atoms with Gasteiger partial charge in [0.15, 0.2) is 6.61 Å². The Kier molecular flexibility index (Phi) is 5.66. The van der Waals surface area contributed by atoms with E-state index in [0.29, 0.717) is 22.6 Å². The molecule has 0 unspecified atom stereocenters. The molecule has 0 aliphatic carbocycles. The van der Waals surface area contributed by atoms with Gasteiger partial charge in [-0.3, -0.25) is 4.79 Å². The minimum atomic E-state index is -0.375. The van der Waals surface area contributed by atoms with Crippen molar-refractivity contribution in [2.24, 2.45) is 5.10 Å². The Balaban J connectivity index is 1.62. The molecule has 7 heteroatoms. The number of aromatic nitrogens is 1. The molecule has 132 valence electrons. The zero-order chi connectivity index (χ0) is 18.4. The number of hydrogen-bond donors (Lipinski definition) is 1. The van der Waals surface area contributed by atoms with Crippen molar-refractivity contribution < 1.29 is 14.3 Å². The zero-order valence-corrected chi connectivity index (χ0v) is 14.7. The molecule has 0 aliphatic rings. The number of nitrogens with zero attached hydrogens (tertiary/aromatic N) is 2. The highest BCUT2D eigenvalue weighted by molar-refractivity contribution is 6.32. The van der Waals surface area contributed by atoms with Gasteiger partial charge in [-0.25, -0.2) is 10.4 Å². The fourth-order valence-corrected chi connectivity index (χ4v) is 2.42. The molecule has 0 spiro atoms. The summed E-state index contributed by atoms with van der Waals surface area (Å²) in [5.74, 6) is 0.941. The standard InChI is InChI=1S/C19H16ClN3O3/c1-25-16-8-7-13-9-14(19(20)22-17(13)10-16)11-21-23-18(24)12-26-15-5-3-2-4-6-15/h2-11H,12H2,1H3,(H,23,24)/b21-11-. The van der Waals surface area contributed by atoms with Crippen LogP contribution in [0.25, 0.3) is 10.9 Å². The highest BCUT2D eigenvalue weighted by Crippen LogP contribution is 2.23. The molecule has 1 amide bonds. The normalized spacial score (nSPS) is 10.8. The molecule has 0 atom stereocenters. The van der Waals surface area contributed by atoms with Crippen LogP contribution in [0, 0.1) is 0 Å². The smallest absolute Gasteiger partial charge is 0.277 e. The molecule has 3 rings (SSSR count). The first-order valence-corrected chi connectivity index (χ1v) is 8.17. The van der Waals surface area contributed by atoms with Gasteiger partial charge in [-0.15, -0.1) is 0 Å². The molecule has 0 aliphatic heterocycles. The number of methoxy groups -OCH3 is 1. The summed E-state index contributed by atoms with van der Waals surface area (Å²) < 4.78 is 10.5. The average molecular weight is 370 g/mol. The summed E-state index contributed by atoms with van der Waals surface area (Å²) in [6.45, 7) is -0.134. The number of hydrazone groups is 1. The van der Waals surface area contributed by atoms with Gasteiger partial charge in [-0.2, -0.15) is 5.10 Å². The monoisotopic (exact) mass is 369 g/mol. The van der Waals surface area contributed by atoms with Crippen molar-refractivity contribution in [1.29, 1.82) is 0 Å². The van der Waals surface area contributed by atoms with E-state index >= 15 is 0 Å². The Morgan fingerprint density at radius 3 is 2.77 bits per heavy atom. The van der Waals surface area contributed by atoms with Crippen molar-refractivity contribution in [2.45, 2.75) is 0 Å². The van der Waals surface area contributed by atoms with E-state index in [0.717, 1.165) is 5.39 Å². The molecule has 26 heavy (non-hydrogen) atoms. The maximum absolute atomic E-state index is 11.8. The van der Waals surface area contributed by atoms with Gasteiger partial charge in [-0.05, 0) is 30.3 Å². The van der Waals surface area contributed by atoms with Crippen LogP contribution in [0.5, 0.6) is 11.5 Å². The second kappa shape index (κ2) is 8.31. The summed E-state index contributed by atoms with van der Waals surface area (Å²) >= 11 is 6.17. The number of carbonyl (C=O) groups excluding carboxylic acids is 1. The topological polar surface area (TPSA) is 72.8 Å². The van der Waals surface area contributed by atoms with E-state index in [4.69, 9.17) is 21.1 Å². The number of benzene rings is 2. The van der Waals surface area contributed by atoms with Gasteiger partial charge in [0.05, 0.1) is 18.8 Å². The lowest BCUT2D eigenvalue weighted by Gasteiger charge is -2.05. The quantitative estimate of drug-likeness (QED) is 0.410. The number of ether oxygens (including phenoxy) is 2. The molecule has 0 bridgehead atoms. The molecule has 1 heterocycles. The minimum Gasteiger partial charge on any atom is -0.497 e. The fourth-order valence-electron chi connectivity index (χ4n) is 2.23. The molecule has 0 saturated heterocycles. The highest BCUT2D eigenvalue weighted by atomic mass is 35.5. The average Bonchev–Trinajstić information content (AvgIpc) is 2.67. The summed E-state index contributed by atoms with van der Waals surface area (Å²) in [5.41, 5.74) is 3.70. The first kappa shape index (κ1) is 17.7. The first-order valence-electron chi connectivity index (χ1n) is 7.80. The molecular weight excluding hydrogens is 354 g/mol. The van der Waals surface area contributed by atoms with Crippen LogP contribution in [0.4, 0.5) is 0 Å². The largest absolute Gasteiger partial charge is 0.497 e. The maximum atomic E-state index is 11.8. The summed E-state index contributed by atoms with van der Waals surface area (Å²) in [6, 6.07) is 16.4. The lowest BCUT2D eigenvalue weighted by Crippen LogP contribution is -2.24. The number of pyridine rings is 1. The number of carbonyl (C=O) groups is 1. The van der Waals surface area contributed by atoms with Crippen molar-refractivity contribution >= 4 is 34.6 Å². The number of fused-ring (bicyclic) bond motifs is 1. The van der Waals surface area contributed by atoms with Gasteiger partial charge < -0.3 is 9.47 Å². The third-order valence-corrected chi connectivity index (χ3v) is 3.81. The van der Waals surface area contributed by atoms with Gasteiger partial charge in [0, 0.05) is 17.0 Å². The van der Waals surface area contributed by atoms with Crippen molar-refractivity contribution in [3.8, 4) is 11.5 Å². The number of nitrogens with one attached hydrogen (secondary N) is 1. The van der Waals surface area contributed by atoms with E-state index in [1.165, 1.54) is 6.21 Å². The zero-order valence-electron chi connectivity index (χ0n) is 14.0. The fraction of sp³-hybridized carbons (Fsp3) is 0.105. The van der Waals surface area contributed by atoms with E-state index in [1.54, 1.807) is 25.3 Å². The van der Waals surface area contributed by atoms with Gasteiger partial charge in [-0.1, -0.05) is 29.8 Å². The van der Waals surface area contributed by atoms with Crippen LogP contribution < -0.4 is 14.9 Å². The van der Waals surface area contributed by atoms with E-state index < -0.39 is 0 Å². The first-order chi connectivity index (χ1) is 12.7. The Morgan fingerprint density at radius 2 is 2.00 bits per heavy atom. The predicted molar refractivity (Wildman–Crippen MR) is 101 cm³/mol. The van der Waals surface area contributed by atoms with Crippen LogP contribution in [0.15, 0.2) is 59.7 Å². The number of halogens is 1. The molecule has 3 aromatic rings. The lowest BCUT2D eigenvalue weighted by atomic mass is 10.1. The molecule has 0 radical (unpaired) electrons. The number of amides is 1. The Labute approximate surface area is 155 Å². The molecule has 1 aromatic heterocycles. The van der Waals surface area contributed by atoms with Crippen molar-refractivity contribution in [3.05, 3.63) is 65.3 Å². The van der Waals surface area contributed by atoms with Crippen LogP contribution >= 0.6 is 11.6 Å². The van der Waals surface area contributed by atoms with Crippen LogP contribution in [-0.4, -0.2) is 30.8 Å². The molecule has 0 saturated carbocycles. The third-order valence-electron chi connectivity index (χ3n) is 3.51. The Hall–Kier alpha value is -3.12. The van der Waals surface area contributed by atoms with E-state index in [-0.39, 0.29) is 17.7 Å². The molecule has 2 aromatic carbocycles. The third kappa shape index (κ3) is 4.49. The van der Waals surface area contributed by atoms with Crippen molar-refractivity contribution in [3.63, 3.8) is 0 Å². The summed E-state index contributed by atoms with van der Waals surface area (Å²) in [6.07, 6.45) is 1.44. The molecular formula is C19H16ClN3O3.